The number of benzene rings is 1. The van der Waals surface area contributed by atoms with Gasteiger partial charge >= 0.3 is 5.97 Å². The Morgan fingerprint density at radius 3 is 2.90 bits per heavy atom. The van der Waals surface area contributed by atoms with E-state index >= 15 is 0 Å². The first-order valence-corrected chi connectivity index (χ1v) is 6.36. The highest BCUT2D eigenvalue weighted by Crippen LogP contribution is 2.26. The number of nitrogens with zero attached hydrogens (tertiary/aromatic N) is 2. The minimum atomic E-state index is -0.417. The molecule has 0 aliphatic heterocycles. The van der Waals surface area contributed by atoms with Crippen LogP contribution in [-0.2, 0) is 4.74 Å². The van der Waals surface area contributed by atoms with Gasteiger partial charge in [0, 0.05) is 11.6 Å². The van der Waals surface area contributed by atoms with Crippen molar-refractivity contribution in [2.45, 2.75) is 6.92 Å². The van der Waals surface area contributed by atoms with Crippen molar-refractivity contribution in [2.75, 3.05) is 6.61 Å². The number of carbonyl (C=O) groups is 1. The largest absolute Gasteiger partial charge is 0.461 e. The van der Waals surface area contributed by atoms with Gasteiger partial charge < -0.3 is 9.14 Å². The van der Waals surface area contributed by atoms with Crippen molar-refractivity contribution in [2.24, 2.45) is 0 Å². The molecule has 0 radical (unpaired) electrons. The molecule has 4 heteroatoms. The molecule has 1 aromatic carbocycles. The van der Waals surface area contributed by atoms with E-state index in [-0.39, 0.29) is 0 Å². The van der Waals surface area contributed by atoms with Crippen LogP contribution < -0.4 is 0 Å². The Morgan fingerprint density at radius 2 is 2.15 bits per heavy atom. The zero-order valence-corrected chi connectivity index (χ0v) is 11.0. The van der Waals surface area contributed by atoms with Crippen LogP contribution in [-0.4, -0.2) is 17.0 Å². The molecule has 0 spiro atoms. The highest BCUT2D eigenvalue weighted by Gasteiger charge is 2.17. The van der Waals surface area contributed by atoms with Gasteiger partial charge in [-0.2, -0.15) is 5.26 Å². The SMILES string of the molecule is CCOC(=O)c1cc(C#N)c2c3ccccc3ccn12. The second kappa shape index (κ2) is 4.71. The summed E-state index contributed by atoms with van der Waals surface area (Å²) in [4.78, 5) is 12.0. The molecule has 2 heterocycles. The van der Waals surface area contributed by atoms with Crippen LogP contribution in [0.15, 0.2) is 42.6 Å². The quantitative estimate of drug-likeness (QED) is 0.668. The third-order valence-electron chi connectivity index (χ3n) is 3.26. The highest BCUT2D eigenvalue weighted by atomic mass is 16.5. The van der Waals surface area contributed by atoms with Crippen molar-refractivity contribution in [1.29, 1.82) is 5.26 Å². The van der Waals surface area contributed by atoms with E-state index in [9.17, 15) is 10.1 Å². The van der Waals surface area contributed by atoms with Crippen molar-refractivity contribution in [3.05, 3.63) is 53.9 Å². The van der Waals surface area contributed by atoms with Crippen LogP contribution >= 0.6 is 0 Å². The van der Waals surface area contributed by atoms with Crippen molar-refractivity contribution >= 4 is 22.3 Å². The summed E-state index contributed by atoms with van der Waals surface area (Å²) < 4.78 is 6.76. The maximum atomic E-state index is 12.0. The van der Waals surface area contributed by atoms with E-state index in [2.05, 4.69) is 6.07 Å². The van der Waals surface area contributed by atoms with E-state index in [0.717, 1.165) is 16.3 Å². The summed E-state index contributed by atoms with van der Waals surface area (Å²) in [5.41, 5.74) is 1.60. The normalized spacial score (nSPS) is 10.6. The van der Waals surface area contributed by atoms with Gasteiger partial charge in [-0.05, 0) is 24.4 Å². The minimum Gasteiger partial charge on any atom is -0.461 e. The number of rotatable bonds is 2. The topological polar surface area (TPSA) is 54.5 Å². The summed E-state index contributed by atoms with van der Waals surface area (Å²) in [6, 6.07) is 13.4. The van der Waals surface area contributed by atoms with Crippen LogP contribution in [0.4, 0.5) is 0 Å². The summed E-state index contributed by atoms with van der Waals surface area (Å²) in [6.07, 6.45) is 1.80. The number of hydrogen-bond donors (Lipinski definition) is 0. The van der Waals surface area contributed by atoms with Crippen LogP contribution in [0.1, 0.15) is 23.0 Å². The summed E-state index contributed by atoms with van der Waals surface area (Å²) in [5, 5.41) is 11.3. The lowest BCUT2D eigenvalue weighted by molar-refractivity contribution is 0.0518. The molecule has 4 nitrogen and oxygen atoms in total. The van der Waals surface area contributed by atoms with Crippen molar-refractivity contribution < 1.29 is 9.53 Å². The van der Waals surface area contributed by atoms with Gasteiger partial charge in [0.1, 0.15) is 11.8 Å². The van der Waals surface area contributed by atoms with Crippen LogP contribution in [0.3, 0.4) is 0 Å². The van der Waals surface area contributed by atoms with Crippen molar-refractivity contribution in [3.8, 4) is 6.07 Å². The Labute approximate surface area is 115 Å². The molecule has 3 aromatic rings. The fourth-order valence-corrected chi connectivity index (χ4v) is 2.41. The fraction of sp³-hybridized carbons (Fsp3) is 0.125. The number of fused-ring (bicyclic) bond motifs is 3. The molecular weight excluding hydrogens is 252 g/mol. The number of aromatic nitrogens is 1. The average Bonchev–Trinajstić information content (AvgIpc) is 2.86. The van der Waals surface area contributed by atoms with Crippen molar-refractivity contribution in [3.63, 3.8) is 0 Å². The molecule has 0 bridgehead atoms. The lowest BCUT2D eigenvalue weighted by Gasteiger charge is -2.05. The molecule has 2 aromatic heterocycles. The minimum absolute atomic E-state index is 0.307. The number of esters is 1. The molecule has 0 saturated carbocycles. The molecule has 0 aliphatic carbocycles. The maximum absolute atomic E-state index is 12.0. The molecule has 0 aliphatic rings. The van der Waals surface area contributed by atoms with Gasteiger partial charge in [-0.15, -0.1) is 0 Å². The summed E-state index contributed by atoms with van der Waals surface area (Å²) in [5.74, 6) is -0.417. The molecule has 0 amide bonds. The molecule has 3 rings (SSSR count). The Morgan fingerprint density at radius 1 is 1.35 bits per heavy atom. The summed E-state index contributed by atoms with van der Waals surface area (Å²) in [6.45, 7) is 2.07. The van der Waals surface area contributed by atoms with E-state index in [4.69, 9.17) is 4.74 Å². The monoisotopic (exact) mass is 264 g/mol. The summed E-state index contributed by atoms with van der Waals surface area (Å²) in [7, 11) is 0. The zero-order valence-electron chi connectivity index (χ0n) is 11.0. The number of ether oxygens (including phenoxy) is 1. The predicted molar refractivity (Wildman–Crippen MR) is 75.6 cm³/mol. The third-order valence-corrected chi connectivity index (χ3v) is 3.26. The molecule has 98 valence electrons. The highest BCUT2D eigenvalue weighted by molar-refractivity contribution is 6.01. The fourth-order valence-electron chi connectivity index (χ4n) is 2.41. The van der Waals surface area contributed by atoms with Crippen LogP contribution in [0.2, 0.25) is 0 Å². The van der Waals surface area contributed by atoms with Gasteiger partial charge in [-0.1, -0.05) is 24.3 Å². The number of hydrogen-bond acceptors (Lipinski definition) is 3. The second-order valence-electron chi connectivity index (χ2n) is 4.40. The first-order chi connectivity index (χ1) is 9.76. The lowest BCUT2D eigenvalue weighted by atomic mass is 10.1. The van der Waals surface area contributed by atoms with E-state index in [1.165, 1.54) is 0 Å². The molecule has 0 atom stereocenters. The van der Waals surface area contributed by atoms with Gasteiger partial charge in [0.15, 0.2) is 0 Å². The van der Waals surface area contributed by atoms with Gasteiger partial charge in [0.25, 0.3) is 0 Å². The van der Waals surface area contributed by atoms with Gasteiger partial charge in [0.05, 0.1) is 17.7 Å². The second-order valence-corrected chi connectivity index (χ2v) is 4.40. The first kappa shape index (κ1) is 12.2. The van der Waals surface area contributed by atoms with E-state index in [1.807, 2.05) is 30.3 Å². The number of nitriles is 1. The Hall–Kier alpha value is -2.80. The van der Waals surface area contributed by atoms with Crippen LogP contribution in [0, 0.1) is 11.3 Å². The lowest BCUT2D eigenvalue weighted by Crippen LogP contribution is -2.07. The van der Waals surface area contributed by atoms with Crippen LogP contribution in [0.5, 0.6) is 0 Å². The summed E-state index contributed by atoms with van der Waals surface area (Å²) >= 11 is 0. The van der Waals surface area contributed by atoms with E-state index < -0.39 is 5.97 Å². The Kier molecular flexibility index (Phi) is 2.88. The molecule has 0 N–H and O–H groups in total. The van der Waals surface area contributed by atoms with Crippen LogP contribution in [0.25, 0.3) is 16.3 Å². The van der Waals surface area contributed by atoms with Gasteiger partial charge in [-0.25, -0.2) is 4.79 Å². The van der Waals surface area contributed by atoms with E-state index in [0.29, 0.717) is 17.9 Å². The molecule has 0 saturated heterocycles. The average molecular weight is 264 g/mol. The Bertz CT molecular complexity index is 856. The van der Waals surface area contributed by atoms with Crippen molar-refractivity contribution in [1.82, 2.24) is 4.40 Å². The number of carbonyl (C=O) groups excluding carboxylic acids is 1. The Balaban J connectivity index is 2.39. The zero-order chi connectivity index (χ0) is 14.1. The maximum Gasteiger partial charge on any atom is 0.355 e. The molecule has 0 unspecified atom stereocenters. The standard InChI is InChI=1S/C16H12N2O2/c1-2-20-16(19)14-9-12(10-17)15-13-6-4-3-5-11(13)7-8-18(14)15/h3-9H,2H2,1H3. The first-order valence-electron chi connectivity index (χ1n) is 6.36. The third kappa shape index (κ3) is 1.72. The molecule has 0 fully saturated rings. The number of pyridine rings is 1. The molecule has 20 heavy (non-hydrogen) atoms. The van der Waals surface area contributed by atoms with Gasteiger partial charge in [0.2, 0.25) is 0 Å². The molecular formula is C16H12N2O2. The predicted octanol–water partition coefficient (Wildman–Crippen LogP) is 3.14. The van der Waals surface area contributed by atoms with E-state index in [1.54, 1.807) is 23.6 Å². The smallest absolute Gasteiger partial charge is 0.355 e. The van der Waals surface area contributed by atoms with Gasteiger partial charge in [-0.3, -0.25) is 0 Å².